The van der Waals surface area contributed by atoms with Crippen molar-refractivity contribution in [2.75, 3.05) is 49.6 Å². The summed E-state index contributed by atoms with van der Waals surface area (Å²) in [6.45, 7) is 4.73. The Morgan fingerprint density at radius 3 is 2.64 bits per heavy atom. The minimum Gasteiger partial charge on any atom is -0.377 e. The molecule has 4 saturated heterocycles. The Kier molecular flexibility index (Phi) is 11.5. The second kappa shape index (κ2) is 17.5. The molecule has 5 aliphatic rings. The predicted molar refractivity (Wildman–Crippen MR) is 230 cm³/mol. The SMILES string of the molecule is Cn1c(=O)n(C2CCC(=O)NC2=O)c2cccc(C#CCCOC3CCN(CC4CCC(n5cc(NC(=O)c6cnn7ccc(N8C[C@H]9C[C@@H]8CO9)nc67)c(C(F)F)n5)CC4)CC3)c21. The minimum atomic E-state index is -2.86. The quantitative estimate of drug-likeness (QED) is 0.110. The van der Waals surface area contributed by atoms with Crippen LogP contribution in [0.1, 0.15) is 104 Å². The van der Waals surface area contributed by atoms with E-state index >= 15 is 0 Å². The fourth-order valence-corrected chi connectivity index (χ4v) is 10.3. The summed E-state index contributed by atoms with van der Waals surface area (Å²) >= 11 is 0. The fourth-order valence-electron chi connectivity index (χ4n) is 10.3. The molecule has 3 atom stereocenters. The van der Waals surface area contributed by atoms with Crippen molar-refractivity contribution in [3.05, 3.63) is 70.2 Å². The maximum Gasteiger partial charge on any atom is 0.329 e. The van der Waals surface area contributed by atoms with E-state index in [1.807, 2.05) is 18.2 Å². The van der Waals surface area contributed by atoms with Crippen LogP contribution in [0.25, 0.3) is 16.7 Å². The number of hydrogen-bond acceptors (Lipinski definition) is 11. The average molecular weight is 880 g/mol. The second-order valence-electron chi connectivity index (χ2n) is 17.7. The number of morpholine rings is 1. The van der Waals surface area contributed by atoms with E-state index in [0.717, 1.165) is 76.9 Å². The van der Waals surface area contributed by atoms with Gasteiger partial charge in [-0.25, -0.2) is 23.1 Å². The van der Waals surface area contributed by atoms with E-state index in [9.17, 15) is 28.0 Å². The number of halogens is 2. The van der Waals surface area contributed by atoms with Gasteiger partial charge in [0.2, 0.25) is 11.8 Å². The number of benzene rings is 1. The highest BCUT2D eigenvalue weighted by atomic mass is 19.3. The molecule has 4 aromatic heterocycles. The first-order valence-electron chi connectivity index (χ1n) is 22.4. The number of fused-ring (bicyclic) bond motifs is 4. The number of aromatic nitrogens is 7. The zero-order valence-corrected chi connectivity index (χ0v) is 35.6. The van der Waals surface area contributed by atoms with Gasteiger partial charge in [0.05, 0.1) is 66.0 Å². The highest BCUT2D eigenvalue weighted by Crippen LogP contribution is 2.36. The number of amides is 3. The van der Waals surface area contributed by atoms with Gasteiger partial charge in [-0.3, -0.25) is 33.5 Å². The Bertz CT molecular complexity index is 2720. The highest BCUT2D eigenvalue weighted by molar-refractivity contribution is 6.08. The van der Waals surface area contributed by atoms with Crippen molar-refractivity contribution >= 4 is 45.9 Å². The molecular weight excluding hydrogens is 829 g/mol. The first-order valence-corrected chi connectivity index (χ1v) is 22.4. The number of carbonyl (C=O) groups is 3. The molecule has 1 aromatic carbocycles. The lowest BCUT2D eigenvalue weighted by Crippen LogP contribution is -2.44. The number of hydrogen-bond donors (Lipinski definition) is 2. The Hall–Kier alpha value is -5.97. The molecule has 10 rings (SSSR count). The van der Waals surface area contributed by atoms with Gasteiger partial charge >= 0.3 is 5.69 Å². The van der Waals surface area contributed by atoms with Gasteiger partial charge in [-0.15, -0.1) is 0 Å². The molecule has 1 saturated carbocycles. The number of rotatable bonds is 11. The minimum absolute atomic E-state index is 0.00580. The Morgan fingerprint density at radius 2 is 1.89 bits per heavy atom. The number of imidazole rings is 1. The third-order valence-electron chi connectivity index (χ3n) is 13.7. The Balaban J connectivity index is 0.682. The summed E-state index contributed by atoms with van der Waals surface area (Å²) in [6.07, 6.45) is 9.48. The van der Waals surface area contributed by atoms with Crippen molar-refractivity contribution in [2.45, 2.75) is 101 Å². The van der Waals surface area contributed by atoms with Crippen molar-refractivity contribution < 1.29 is 32.6 Å². The van der Waals surface area contributed by atoms with E-state index in [1.165, 1.54) is 19.8 Å². The topological polar surface area (TPSA) is 175 Å². The van der Waals surface area contributed by atoms with Crippen LogP contribution in [0.4, 0.5) is 20.3 Å². The van der Waals surface area contributed by atoms with Crippen LogP contribution in [0.5, 0.6) is 0 Å². The number of carbonyl (C=O) groups excluding carboxylic acids is 3. The molecule has 8 heterocycles. The van der Waals surface area contributed by atoms with Crippen molar-refractivity contribution in [1.82, 2.24) is 43.7 Å². The van der Waals surface area contributed by atoms with Crippen LogP contribution < -0.4 is 21.2 Å². The normalized spacial score (nSPS) is 24.2. The second-order valence-corrected chi connectivity index (χ2v) is 17.7. The molecule has 3 amide bonds. The van der Waals surface area contributed by atoms with Crippen LogP contribution in [0.2, 0.25) is 0 Å². The smallest absolute Gasteiger partial charge is 0.329 e. The van der Waals surface area contributed by atoms with E-state index < -0.39 is 30.0 Å². The number of piperidine rings is 2. The van der Waals surface area contributed by atoms with Gasteiger partial charge < -0.3 is 24.6 Å². The summed E-state index contributed by atoms with van der Waals surface area (Å²) in [5, 5.41) is 13.6. The van der Waals surface area contributed by atoms with E-state index in [0.29, 0.717) is 47.8 Å². The molecule has 64 heavy (non-hydrogen) atoms. The van der Waals surface area contributed by atoms with Gasteiger partial charge in [-0.1, -0.05) is 17.9 Å². The lowest BCUT2D eigenvalue weighted by Gasteiger charge is -2.36. The van der Waals surface area contributed by atoms with Gasteiger partial charge in [-0.2, -0.15) is 10.2 Å². The zero-order valence-electron chi connectivity index (χ0n) is 35.6. The summed E-state index contributed by atoms with van der Waals surface area (Å²) in [5.41, 5.74) is 1.71. The first-order chi connectivity index (χ1) is 31.1. The van der Waals surface area contributed by atoms with E-state index in [1.54, 1.807) is 30.2 Å². The van der Waals surface area contributed by atoms with Gasteiger partial charge in [0, 0.05) is 58.5 Å². The van der Waals surface area contributed by atoms with Crippen LogP contribution >= 0.6 is 0 Å². The van der Waals surface area contributed by atoms with Crippen LogP contribution in [0, 0.1) is 17.8 Å². The zero-order chi connectivity index (χ0) is 44.1. The van der Waals surface area contributed by atoms with Crippen LogP contribution in [-0.2, 0) is 26.1 Å². The fraction of sp³-hybridized carbons (Fsp3) is 0.533. The number of para-hydroxylation sites is 1. The molecule has 0 radical (unpaired) electrons. The Labute approximate surface area is 367 Å². The molecule has 17 nitrogen and oxygen atoms in total. The standard InChI is InChI=1S/C45H51F2N11O6/c1-53-40-28(6-4-7-35(40)58(45(53)62)36-12-13-38(59)51-44(36)61)5-2-3-20-63-31-14-17-54(18-15-31)23-27-8-10-29(11-9-27)57-25-34(39(52-57)41(46)47)49-43(60)33-22-48-56-19-16-37(50-42(33)56)55-24-32-21-30(55)26-64-32/h4,6-7,16,19,22,25,27,29-32,36,41H,3,8-15,17-18,20-21,23-24,26H2,1H3,(H,49,60)(H,51,59,61)/t27?,29?,30-,32-,36?/m1/s1. The van der Waals surface area contributed by atoms with Gasteiger partial charge in [-0.05, 0) is 75.5 Å². The van der Waals surface area contributed by atoms with Crippen molar-refractivity contribution in [1.29, 1.82) is 0 Å². The number of ether oxygens (including phenoxy) is 2. The van der Waals surface area contributed by atoms with Crippen LogP contribution in [0.15, 0.2) is 47.7 Å². The average Bonchev–Trinajstić information content (AvgIpc) is 4.15. The monoisotopic (exact) mass is 879 g/mol. The molecule has 5 fully saturated rings. The summed E-state index contributed by atoms with van der Waals surface area (Å²) in [6, 6.07) is 6.79. The molecule has 1 aliphatic carbocycles. The summed E-state index contributed by atoms with van der Waals surface area (Å²) < 4.78 is 46.6. The number of anilines is 2. The van der Waals surface area contributed by atoms with Crippen LogP contribution in [0.3, 0.4) is 0 Å². The molecule has 2 bridgehead atoms. The number of nitrogens with one attached hydrogen (secondary N) is 2. The van der Waals surface area contributed by atoms with E-state index in [-0.39, 0.29) is 60.0 Å². The number of nitrogens with zero attached hydrogens (tertiary/aromatic N) is 9. The Morgan fingerprint density at radius 1 is 1.06 bits per heavy atom. The molecule has 5 aromatic rings. The molecular formula is C45H51F2N11O6. The van der Waals surface area contributed by atoms with Crippen molar-refractivity contribution in [3.8, 4) is 11.8 Å². The largest absolute Gasteiger partial charge is 0.377 e. The summed E-state index contributed by atoms with van der Waals surface area (Å²) in [5.74, 6) is 6.26. The summed E-state index contributed by atoms with van der Waals surface area (Å²) in [7, 11) is 1.67. The number of imide groups is 1. The van der Waals surface area contributed by atoms with Crippen molar-refractivity contribution in [3.63, 3.8) is 0 Å². The van der Waals surface area contributed by atoms with Crippen LogP contribution in [-0.4, -0.2) is 114 Å². The molecule has 0 spiro atoms. The first kappa shape index (κ1) is 42.0. The summed E-state index contributed by atoms with van der Waals surface area (Å²) in [4.78, 5) is 60.5. The lowest BCUT2D eigenvalue weighted by molar-refractivity contribution is -0.135. The predicted octanol–water partition coefficient (Wildman–Crippen LogP) is 4.38. The maximum atomic E-state index is 14.3. The van der Waals surface area contributed by atoms with Gasteiger partial charge in [0.1, 0.15) is 17.4 Å². The third kappa shape index (κ3) is 8.18. The van der Waals surface area contributed by atoms with E-state index in [2.05, 4.69) is 42.5 Å². The third-order valence-corrected chi connectivity index (χ3v) is 13.7. The molecule has 2 N–H and O–H groups in total. The molecule has 1 unspecified atom stereocenters. The lowest BCUT2D eigenvalue weighted by atomic mass is 9.85. The molecule has 336 valence electrons. The molecule has 4 aliphatic heterocycles. The number of likely N-dealkylation sites (tertiary alicyclic amines) is 1. The molecule has 19 heteroatoms. The van der Waals surface area contributed by atoms with Gasteiger partial charge in [0.15, 0.2) is 11.3 Å². The van der Waals surface area contributed by atoms with E-state index in [4.69, 9.17) is 14.5 Å². The maximum absolute atomic E-state index is 14.3. The number of aryl methyl sites for hydroxylation is 1. The number of alkyl halides is 2. The van der Waals surface area contributed by atoms with Crippen molar-refractivity contribution in [2.24, 2.45) is 13.0 Å². The highest BCUT2D eigenvalue weighted by Gasteiger charge is 2.40. The van der Waals surface area contributed by atoms with Gasteiger partial charge in [0.25, 0.3) is 12.3 Å².